The molecule has 1 aliphatic rings. The molecule has 6 heteroatoms. The zero-order chi connectivity index (χ0) is 17.1. The van der Waals surface area contributed by atoms with Gasteiger partial charge in [0.2, 0.25) is 0 Å². The molecule has 0 unspecified atom stereocenters. The van der Waals surface area contributed by atoms with Crippen molar-refractivity contribution in [2.24, 2.45) is 5.92 Å². The molecule has 0 saturated heterocycles. The molecule has 130 valence electrons. The van der Waals surface area contributed by atoms with Gasteiger partial charge in [-0.1, -0.05) is 54.8 Å². The van der Waals surface area contributed by atoms with Crippen molar-refractivity contribution >= 4 is 17.0 Å². The van der Waals surface area contributed by atoms with E-state index in [1.54, 1.807) is 0 Å². The van der Waals surface area contributed by atoms with Crippen molar-refractivity contribution in [2.75, 3.05) is 11.9 Å². The van der Waals surface area contributed by atoms with E-state index < -0.39 is 0 Å². The molecule has 1 aliphatic carbocycles. The Hall–Kier alpha value is -2.50. The molecule has 4 rings (SSSR count). The van der Waals surface area contributed by atoms with E-state index >= 15 is 0 Å². The molecule has 0 radical (unpaired) electrons. The number of hydrogen-bond acceptors (Lipinski definition) is 5. The van der Waals surface area contributed by atoms with Crippen LogP contribution in [0.5, 0.6) is 0 Å². The zero-order valence-electron chi connectivity index (χ0n) is 14.6. The van der Waals surface area contributed by atoms with Gasteiger partial charge in [-0.05, 0) is 31.2 Å². The predicted octanol–water partition coefficient (Wildman–Crippen LogP) is 3.57. The van der Waals surface area contributed by atoms with E-state index in [0.29, 0.717) is 6.54 Å². The summed E-state index contributed by atoms with van der Waals surface area (Å²) in [6.07, 6.45) is 6.68. The Labute approximate surface area is 147 Å². The fourth-order valence-electron chi connectivity index (χ4n) is 3.58. The highest BCUT2D eigenvalue weighted by Gasteiger charge is 2.17. The maximum absolute atomic E-state index is 4.57. The van der Waals surface area contributed by atoms with Gasteiger partial charge in [-0.2, -0.15) is 0 Å². The first kappa shape index (κ1) is 16.0. The fraction of sp³-hybridized carbons (Fsp3) is 0.474. The van der Waals surface area contributed by atoms with E-state index in [1.807, 2.05) is 29.8 Å². The van der Waals surface area contributed by atoms with Crippen molar-refractivity contribution in [1.82, 2.24) is 25.0 Å². The quantitative estimate of drug-likeness (QED) is 0.771. The molecule has 0 spiro atoms. The lowest BCUT2D eigenvalue weighted by molar-refractivity contribution is 0.373. The van der Waals surface area contributed by atoms with Crippen LogP contribution in [0.1, 0.15) is 43.5 Å². The summed E-state index contributed by atoms with van der Waals surface area (Å²) >= 11 is 0. The first-order chi connectivity index (χ1) is 12.3. The standard InChI is InChI=1S/C19H24N6/c1-14-21-18(20-12-15-8-4-2-5-9-15)17-19(22-14)25(24-23-17)13-16-10-6-3-7-11-16/h3,6-7,10-11,15H,2,4-5,8-9,12-13H2,1H3,(H,20,21,22). The van der Waals surface area contributed by atoms with Crippen LogP contribution in [0.4, 0.5) is 5.82 Å². The third-order valence-corrected chi connectivity index (χ3v) is 4.93. The summed E-state index contributed by atoms with van der Waals surface area (Å²) in [6.45, 7) is 3.54. The van der Waals surface area contributed by atoms with Crippen molar-refractivity contribution in [1.29, 1.82) is 0 Å². The number of rotatable bonds is 5. The largest absolute Gasteiger partial charge is 0.368 e. The van der Waals surface area contributed by atoms with Crippen LogP contribution < -0.4 is 5.32 Å². The second kappa shape index (κ2) is 7.17. The molecule has 0 bridgehead atoms. The zero-order valence-corrected chi connectivity index (χ0v) is 14.6. The number of aromatic nitrogens is 5. The van der Waals surface area contributed by atoms with Gasteiger partial charge in [0.25, 0.3) is 0 Å². The van der Waals surface area contributed by atoms with Crippen LogP contribution in [0.15, 0.2) is 30.3 Å². The Bertz CT molecular complexity index is 836. The minimum absolute atomic E-state index is 0.663. The van der Waals surface area contributed by atoms with Crippen LogP contribution in [0.3, 0.4) is 0 Å². The minimum atomic E-state index is 0.663. The molecule has 1 saturated carbocycles. The topological polar surface area (TPSA) is 68.5 Å². The van der Waals surface area contributed by atoms with Gasteiger partial charge in [0.15, 0.2) is 17.0 Å². The molecular formula is C19H24N6. The van der Waals surface area contributed by atoms with Gasteiger partial charge >= 0.3 is 0 Å². The Morgan fingerprint density at radius 1 is 1.08 bits per heavy atom. The van der Waals surface area contributed by atoms with E-state index in [1.165, 1.54) is 37.7 Å². The Kier molecular flexibility index (Phi) is 4.59. The number of nitrogens with zero attached hydrogens (tertiary/aromatic N) is 5. The van der Waals surface area contributed by atoms with Gasteiger partial charge in [-0.3, -0.25) is 0 Å². The van der Waals surface area contributed by atoms with Crippen molar-refractivity contribution in [2.45, 2.75) is 45.6 Å². The molecule has 0 amide bonds. The molecule has 1 aromatic carbocycles. The van der Waals surface area contributed by atoms with Gasteiger partial charge in [0.1, 0.15) is 5.82 Å². The minimum Gasteiger partial charge on any atom is -0.368 e. The van der Waals surface area contributed by atoms with E-state index in [4.69, 9.17) is 0 Å². The van der Waals surface area contributed by atoms with Crippen LogP contribution in [0.2, 0.25) is 0 Å². The lowest BCUT2D eigenvalue weighted by Gasteiger charge is -2.22. The van der Waals surface area contributed by atoms with Gasteiger partial charge in [-0.25, -0.2) is 14.6 Å². The van der Waals surface area contributed by atoms with Crippen LogP contribution in [-0.4, -0.2) is 31.5 Å². The van der Waals surface area contributed by atoms with E-state index in [-0.39, 0.29) is 0 Å². The number of anilines is 1. The van der Waals surface area contributed by atoms with Crippen LogP contribution >= 0.6 is 0 Å². The second-order valence-corrected chi connectivity index (χ2v) is 6.91. The van der Waals surface area contributed by atoms with Gasteiger partial charge in [0, 0.05) is 6.54 Å². The molecule has 0 atom stereocenters. The van der Waals surface area contributed by atoms with Crippen LogP contribution in [-0.2, 0) is 6.54 Å². The van der Waals surface area contributed by atoms with Gasteiger partial charge in [-0.15, -0.1) is 5.10 Å². The smallest absolute Gasteiger partial charge is 0.184 e. The highest BCUT2D eigenvalue weighted by Crippen LogP contribution is 2.25. The summed E-state index contributed by atoms with van der Waals surface area (Å²) in [5, 5.41) is 12.2. The van der Waals surface area contributed by atoms with Gasteiger partial charge < -0.3 is 5.32 Å². The summed E-state index contributed by atoms with van der Waals surface area (Å²) in [5.41, 5.74) is 2.74. The van der Waals surface area contributed by atoms with Crippen molar-refractivity contribution in [3.63, 3.8) is 0 Å². The second-order valence-electron chi connectivity index (χ2n) is 6.91. The van der Waals surface area contributed by atoms with E-state index in [9.17, 15) is 0 Å². The molecule has 1 N–H and O–H groups in total. The predicted molar refractivity (Wildman–Crippen MR) is 98.5 cm³/mol. The maximum Gasteiger partial charge on any atom is 0.184 e. The number of benzene rings is 1. The third-order valence-electron chi connectivity index (χ3n) is 4.93. The molecule has 25 heavy (non-hydrogen) atoms. The normalized spacial score (nSPS) is 15.6. The molecule has 3 aromatic rings. The lowest BCUT2D eigenvalue weighted by atomic mass is 9.89. The Balaban J connectivity index is 1.57. The number of nitrogens with one attached hydrogen (secondary N) is 1. The van der Waals surface area contributed by atoms with Crippen LogP contribution in [0.25, 0.3) is 11.2 Å². The molecular weight excluding hydrogens is 312 g/mol. The first-order valence-corrected chi connectivity index (χ1v) is 9.15. The van der Waals surface area contributed by atoms with Gasteiger partial charge in [0.05, 0.1) is 6.54 Å². The lowest BCUT2D eigenvalue weighted by Crippen LogP contribution is -2.18. The summed E-state index contributed by atoms with van der Waals surface area (Å²) in [7, 11) is 0. The molecule has 1 fully saturated rings. The average Bonchev–Trinajstić information content (AvgIpc) is 3.04. The summed E-state index contributed by atoms with van der Waals surface area (Å²) in [6, 6.07) is 10.3. The molecule has 0 aliphatic heterocycles. The van der Waals surface area contributed by atoms with Crippen LogP contribution in [0, 0.1) is 12.8 Å². The summed E-state index contributed by atoms with van der Waals surface area (Å²) in [4.78, 5) is 9.14. The average molecular weight is 336 g/mol. The summed E-state index contributed by atoms with van der Waals surface area (Å²) in [5.74, 6) is 2.29. The van der Waals surface area contributed by atoms with Crippen molar-refractivity contribution in [3.8, 4) is 0 Å². The maximum atomic E-state index is 4.57. The molecule has 2 aromatic heterocycles. The molecule has 2 heterocycles. The van der Waals surface area contributed by atoms with E-state index in [2.05, 4.69) is 37.7 Å². The van der Waals surface area contributed by atoms with Crippen molar-refractivity contribution in [3.05, 3.63) is 41.7 Å². The fourth-order valence-corrected chi connectivity index (χ4v) is 3.58. The van der Waals surface area contributed by atoms with Crippen molar-refractivity contribution < 1.29 is 0 Å². The summed E-state index contributed by atoms with van der Waals surface area (Å²) < 4.78 is 1.85. The Morgan fingerprint density at radius 3 is 2.68 bits per heavy atom. The number of aryl methyl sites for hydroxylation is 1. The highest BCUT2D eigenvalue weighted by atomic mass is 15.4. The number of hydrogen-bond donors (Lipinski definition) is 1. The van der Waals surface area contributed by atoms with E-state index in [0.717, 1.165) is 35.3 Å². The number of fused-ring (bicyclic) bond motifs is 1. The third kappa shape index (κ3) is 3.62. The highest BCUT2D eigenvalue weighted by molar-refractivity contribution is 5.82. The molecule has 6 nitrogen and oxygen atoms in total. The first-order valence-electron chi connectivity index (χ1n) is 9.15. The monoisotopic (exact) mass is 336 g/mol. The Morgan fingerprint density at radius 2 is 1.88 bits per heavy atom. The SMILES string of the molecule is Cc1nc(NCC2CCCCC2)c2nnn(Cc3ccccc3)c2n1.